The van der Waals surface area contributed by atoms with E-state index in [1.54, 1.807) is 6.92 Å². The highest BCUT2D eigenvalue weighted by atomic mass is 16.4. The summed E-state index contributed by atoms with van der Waals surface area (Å²) in [7, 11) is 0. The Hall–Kier alpha value is -2.09. The molecule has 2 unspecified atom stereocenters. The second kappa shape index (κ2) is 9.15. The molecule has 0 aromatic heterocycles. The SMILES string of the molecule is CC1C(=CCCCC(=O)O)[C@H]2CC[C@@H](O)[C@H](C#CC(C)(O)Cc3ccccc3)[C@@H]12. The lowest BCUT2D eigenvalue weighted by Gasteiger charge is -2.53. The van der Waals surface area contributed by atoms with Gasteiger partial charge in [-0.25, -0.2) is 0 Å². The van der Waals surface area contributed by atoms with Gasteiger partial charge in [-0.15, -0.1) is 0 Å². The van der Waals surface area contributed by atoms with E-state index in [1.165, 1.54) is 5.57 Å². The standard InChI is InChI=1S/C25H32O4/c1-17-19(10-6-7-11-23(27)28)20-12-13-22(26)21(24(17)20)14-15-25(2,29)16-18-8-4-3-5-9-18/h3-5,8-10,17,20-22,24,26,29H,6-7,11-13,16H2,1-2H3,(H,27,28)/t17?,20-,21+,22-,24+,25?/m1/s1. The summed E-state index contributed by atoms with van der Waals surface area (Å²) in [6, 6.07) is 9.82. The Morgan fingerprint density at radius 3 is 2.69 bits per heavy atom. The van der Waals surface area contributed by atoms with Gasteiger partial charge in [0, 0.05) is 12.8 Å². The molecule has 3 rings (SSSR count). The Morgan fingerprint density at radius 1 is 1.28 bits per heavy atom. The average molecular weight is 397 g/mol. The van der Waals surface area contributed by atoms with E-state index in [1.807, 2.05) is 30.3 Å². The van der Waals surface area contributed by atoms with Gasteiger partial charge in [0.15, 0.2) is 0 Å². The van der Waals surface area contributed by atoms with Crippen LogP contribution in [0.3, 0.4) is 0 Å². The monoisotopic (exact) mass is 396 g/mol. The number of carbonyl (C=O) groups is 1. The Labute approximate surface area is 173 Å². The maximum Gasteiger partial charge on any atom is 0.303 e. The summed E-state index contributed by atoms with van der Waals surface area (Å²) >= 11 is 0. The van der Waals surface area contributed by atoms with Crippen molar-refractivity contribution < 1.29 is 20.1 Å². The summed E-state index contributed by atoms with van der Waals surface area (Å²) in [6.07, 6.45) is 5.56. The van der Waals surface area contributed by atoms with Crippen LogP contribution in [0.2, 0.25) is 0 Å². The second-order valence-corrected chi connectivity index (χ2v) is 8.84. The van der Waals surface area contributed by atoms with E-state index in [-0.39, 0.29) is 12.3 Å². The van der Waals surface area contributed by atoms with Gasteiger partial charge in [0.2, 0.25) is 0 Å². The third-order valence-corrected chi connectivity index (χ3v) is 6.47. The molecule has 156 valence electrons. The lowest BCUT2D eigenvalue weighted by atomic mass is 9.51. The zero-order valence-electron chi connectivity index (χ0n) is 17.3. The van der Waals surface area contributed by atoms with Gasteiger partial charge in [-0.2, -0.15) is 0 Å². The van der Waals surface area contributed by atoms with Crippen LogP contribution in [0.15, 0.2) is 42.0 Å². The summed E-state index contributed by atoms with van der Waals surface area (Å²) in [5, 5.41) is 30.1. The van der Waals surface area contributed by atoms with Crippen LogP contribution in [0.25, 0.3) is 0 Å². The van der Waals surface area contributed by atoms with E-state index in [2.05, 4.69) is 24.8 Å². The fraction of sp³-hybridized carbons (Fsp3) is 0.560. The number of unbranched alkanes of at least 4 members (excludes halogenated alkanes) is 1. The zero-order chi connectivity index (χ0) is 21.0. The first-order chi connectivity index (χ1) is 13.8. The van der Waals surface area contributed by atoms with Gasteiger partial charge in [0.25, 0.3) is 0 Å². The quantitative estimate of drug-likeness (QED) is 0.388. The zero-order valence-corrected chi connectivity index (χ0v) is 17.3. The Balaban J connectivity index is 1.67. The number of carboxylic acids is 1. The Kier molecular flexibility index (Phi) is 6.82. The number of allylic oxidation sites excluding steroid dienone is 2. The summed E-state index contributed by atoms with van der Waals surface area (Å²) in [4.78, 5) is 10.7. The maximum absolute atomic E-state index is 10.7. The second-order valence-electron chi connectivity index (χ2n) is 8.84. The minimum atomic E-state index is -1.13. The van der Waals surface area contributed by atoms with Gasteiger partial charge >= 0.3 is 5.97 Å². The highest BCUT2D eigenvalue weighted by molar-refractivity contribution is 5.66. The number of carboxylic acid groups (broad SMARTS) is 1. The van der Waals surface area contributed by atoms with Crippen LogP contribution in [0, 0.1) is 35.5 Å². The van der Waals surface area contributed by atoms with Crippen molar-refractivity contribution in [2.45, 2.75) is 64.1 Å². The van der Waals surface area contributed by atoms with Crippen LogP contribution in [-0.4, -0.2) is 33.0 Å². The van der Waals surface area contributed by atoms with E-state index in [0.29, 0.717) is 30.6 Å². The largest absolute Gasteiger partial charge is 0.481 e. The highest BCUT2D eigenvalue weighted by Crippen LogP contribution is 2.55. The van der Waals surface area contributed by atoms with Crippen LogP contribution in [0.1, 0.15) is 51.5 Å². The molecule has 0 bridgehead atoms. The van der Waals surface area contributed by atoms with Gasteiger partial charge < -0.3 is 15.3 Å². The molecule has 6 atom stereocenters. The number of aliphatic hydroxyl groups is 2. The predicted octanol–water partition coefficient (Wildman–Crippen LogP) is 3.82. The first-order valence-corrected chi connectivity index (χ1v) is 10.7. The van der Waals surface area contributed by atoms with E-state index in [0.717, 1.165) is 24.8 Å². The van der Waals surface area contributed by atoms with Gasteiger partial charge in [-0.1, -0.05) is 60.7 Å². The number of rotatable bonds is 6. The molecule has 2 saturated carbocycles. The molecule has 1 aromatic rings. The molecule has 4 nitrogen and oxygen atoms in total. The lowest BCUT2D eigenvalue weighted by molar-refractivity contribution is -0.137. The number of hydrogen-bond donors (Lipinski definition) is 3. The summed E-state index contributed by atoms with van der Waals surface area (Å²) in [6.45, 7) is 3.91. The van der Waals surface area contributed by atoms with Crippen molar-refractivity contribution >= 4 is 5.97 Å². The fourth-order valence-electron chi connectivity index (χ4n) is 5.05. The van der Waals surface area contributed by atoms with Crippen molar-refractivity contribution in [1.82, 2.24) is 0 Å². The van der Waals surface area contributed by atoms with E-state index >= 15 is 0 Å². The number of benzene rings is 1. The first-order valence-electron chi connectivity index (χ1n) is 10.7. The summed E-state index contributed by atoms with van der Waals surface area (Å²) in [5.74, 6) is 6.51. The molecule has 29 heavy (non-hydrogen) atoms. The topological polar surface area (TPSA) is 77.8 Å². The van der Waals surface area contributed by atoms with Crippen molar-refractivity contribution in [3.05, 3.63) is 47.5 Å². The lowest BCUT2D eigenvalue weighted by Crippen LogP contribution is -2.50. The minimum absolute atomic E-state index is 0.123. The third-order valence-electron chi connectivity index (χ3n) is 6.47. The van der Waals surface area contributed by atoms with Crippen LogP contribution in [0.5, 0.6) is 0 Å². The number of aliphatic hydroxyl groups excluding tert-OH is 1. The van der Waals surface area contributed by atoms with Crippen molar-refractivity contribution in [2.24, 2.45) is 23.7 Å². The molecule has 0 heterocycles. The number of hydrogen-bond acceptors (Lipinski definition) is 3. The molecule has 0 saturated heterocycles. The van der Waals surface area contributed by atoms with Crippen molar-refractivity contribution in [1.29, 1.82) is 0 Å². The maximum atomic E-state index is 10.7. The molecule has 2 fully saturated rings. The van der Waals surface area contributed by atoms with Crippen LogP contribution >= 0.6 is 0 Å². The molecule has 0 aliphatic heterocycles. The average Bonchev–Trinajstić information content (AvgIpc) is 2.67. The van der Waals surface area contributed by atoms with Crippen LogP contribution in [-0.2, 0) is 11.2 Å². The van der Waals surface area contributed by atoms with Gasteiger partial charge in [0.05, 0.1) is 12.0 Å². The van der Waals surface area contributed by atoms with Crippen LogP contribution in [0.4, 0.5) is 0 Å². The van der Waals surface area contributed by atoms with Crippen molar-refractivity contribution in [2.75, 3.05) is 0 Å². The minimum Gasteiger partial charge on any atom is -0.481 e. The smallest absolute Gasteiger partial charge is 0.303 e. The molecular weight excluding hydrogens is 364 g/mol. The van der Waals surface area contributed by atoms with E-state index in [9.17, 15) is 15.0 Å². The molecule has 0 radical (unpaired) electrons. The summed E-state index contributed by atoms with van der Waals surface area (Å²) in [5.41, 5.74) is 1.31. The van der Waals surface area contributed by atoms with Crippen molar-refractivity contribution in [3.63, 3.8) is 0 Å². The molecule has 0 spiro atoms. The summed E-state index contributed by atoms with van der Waals surface area (Å²) < 4.78 is 0. The van der Waals surface area contributed by atoms with Gasteiger partial charge in [-0.3, -0.25) is 4.79 Å². The normalized spacial score (nSPS) is 31.7. The van der Waals surface area contributed by atoms with E-state index in [4.69, 9.17) is 5.11 Å². The number of fused-ring (bicyclic) bond motifs is 1. The predicted molar refractivity (Wildman–Crippen MR) is 113 cm³/mol. The first kappa shape index (κ1) is 21.6. The number of aliphatic carboxylic acids is 1. The fourth-order valence-corrected chi connectivity index (χ4v) is 5.05. The molecule has 0 amide bonds. The van der Waals surface area contributed by atoms with Gasteiger partial charge in [-0.05, 0) is 55.9 Å². The van der Waals surface area contributed by atoms with Gasteiger partial charge in [0.1, 0.15) is 5.60 Å². The van der Waals surface area contributed by atoms with Crippen LogP contribution < -0.4 is 0 Å². The molecule has 2 aliphatic carbocycles. The Morgan fingerprint density at radius 2 is 2.00 bits per heavy atom. The molecule has 3 N–H and O–H groups in total. The molecular formula is C25H32O4. The molecule has 4 heteroatoms. The van der Waals surface area contributed by atoms with E-state index < -0.39 is 17.7 Å². The van der Waals surface area contributed by atoms with Crippen molar-refractivity contribution in [3.8, 4) is 11.8 Å². The Bertz CT molecular complexity index is 799. The molecule has 1 aromatic carbocycles. The highest BCUT2D eigenvalue weighted by Gasteiger charge is 2.51. The third kappa shape index (κ3) is 5.29. The molecule has 2 aliphatic rings.